The van der Waals surface area contributed by atoms with Crippen molar-refractivity contribution >= 4 is 0 Å². The number of alkyl halides is 3. The van der Waals surface area contributed by atoms with Crippen LogP contribution in [0.4, 0.5) is 13.2 Å². The van der Waals surface area contributed by atoms with Crippen molar-refractivity contribution in [2.75, 3.05) is 0 Å². The Bertz CT molecular complexity index is 395. The van der Waals surface area contributed by atoms with E-state index >= 15 is 0 Å². The van der Waals surface area contributed by atoms with Crippen molar-refractivity contribution in [3.8, 4) is 0 Å². The number of aromatic nitrogens is 1. The molecular weight excluding hydrogens is 209 g/mol. The first-order valence-corrected chi connectivity index (χ1v) is 4.35. The third kappa shape index (κ3) is 2.82. The molecule has 0 radical (unpaired) electrons. The molecule has 0 aliphatic carbocycles. The van der Waals surface area contributed by atoms with E-state index in [1.54, 1.807) is 6.92 Å². The van der Waals surface area contributed by atoms with E-state index in [4.69, 9.17) is 5.73 Å². The van der Waals surface area contributed by atoms with E-state index < -0.39 is 23.5 Å². The molecule has 0 unspecified atom stereocenters. The summed E-state index contributed by atoms with van der Waals surface area (Å²) in [5.74, 6) is 0. The van der Waals surface area contributed by atoms with Crippen LogP contribution in [-0.2, 0) is 12.7 Å². The highest BCUT2D eigenvalue weighted by atomic mass is 19.4. The van der Waals surface area contributed by atoms with Gasteiger partial charge in [0.2, 0.25) is 0 Å². The van der Waals surface area contributed by atoms with Gasteiger partial charge in [-0.15, -0.1) is 0 Å². The van der Waals surface area contributed by atoms with Crippen molar-refractivity contribution in [3.63, 3.8) is 0 Å². The van der Waals surface area contributed by atoms with E-state index in [2.05, 4.69) is 0 Å². The molecule has 0 aliphatic rings. The predicted molar refractivity (Wildman–Crippen MR) is 49.4 cm³/mol. The van der Waals surface area contributed by atoms with Crippen molar-refractivity contribution in [2.45, 2.75) is 25.7 Å². The molecule has 0 saturated carbocycles. The summed E-state index contributed by atoms with van der Waals surface area (Å²) in [6.45, 7) is 1.40. The molecule has 2 N–H and O–H groups in total. The molecule has 0 spiro atoms. The molecule has 0 amide bonds. The summed E-state index contributed by atoms with van der Waals surface area (Å²) in [7, 11) is 0. The predicted octanol–water partition coefficient (Wildman–Crippen LogP) is 1.21. The summed E-state index contributed by atoms with van der Waals surface area (Å²) in [6.07, 6.45) is -4.53. The van der Waals surface area contributed by atoms with Crippen LogP contribution in [-0.4, -0.2) is 10.6 Å². The maximum atomic E-state index is 12.5. The van der Waals surface area contributed by atoms with Gasteiger partial charge in [0.05, 0.1) is 0 Å². The molecule has 1 aromatic heterocycles. The largest absolute Gasteiger partial charge is 0.431 e. The van der Waals surface area contributed by atoms with Crippen LogP contribution in [0.25, 0.3) is 0 Å². The van der Waals surface area contributed by atoms with Gasteiger partial charge in [-0.3, -0.25) is 4.79 Å². The molecule has 0 bridgehead atoms. The lowest BCUT2D eigenvalue weighted by atomic mass is 10.3. The van der Waals surface area contributed by atoms with E-state index in [0.717, 1.165) is 18.2 Å². The number of halogens is 3. The van der Waals surface area contributed by atoms with Crippen LogP contribution < -0.4 is 11.3 Å². The van der Waals surface area contributed by atoms with Gasteiger partial charge in [0, 0.05) is 18.7 Å². The summed E-state index contributed by atoms with van der Waals surface area (Å²) >= 11 is 0. The average Bonchev–Trinajstić information content (AvgIpc) is 2.05. The molecule has 1 aromatic rings. The van der Waals surface area contributed by atoms with Crippen LogP contribution >= 0.6 is 0 Å². The van der Waals surface area contributed by atoms with Gasteiger partial charge >= 0.3 is 6.18 Å². The summed E-state index contributed by atoms with van der Waals surface area (Å²) in [6, 6.07) is 2.52. The third-order valence-electron chi connectivity index (χ3n) is 1.81. The van der Waals surface area contributed by atoms with Crippen LogP contribution in [0.2, 0.25) is 0 Å². The number of nitrogens with zero attached hydrogens (tertiary/aromatic N) is 1. The molecule has 0 saturated heterocycles. The minimum absolute atomic E-state index is 0.144. The van der Waals surface area contributed by atoms with Gasteiger partial charge < -0.3 is 10.3 Å². The first-order valence-electron chi connectivity index (χ1n) is 4.35. The molecule has 6 heteroatoms. The highest BCUT2D eigenvalue weighted by Gasteiger charge is 2.34. The number of hydrogen-bond acceptors (Lipinski definition) is 2. The van der Waals surface area contributed by atoms with E-state index in [1.807, 2.05) is 0 Å². The fraction of sp³-hybridized carbons (Fsp3) is 0.444. The summed E-state index contributed by atoms with van der Waals surface area (Å²) in [4.78, 5) is 11.2. The molecule has 0 aromatic carbocycles. The van der Waals surface area contributed by atoms with E-state index in [-0.39, 0.29) is 6.54 Å². The second-order valence-corrected chi connectivity index (χ2v) is 3.33. The fourth-order valence-corrected chi connectivity index (χ4v) is 1.24. The van der Waals surface area contributed by atoms with Crippen molar-refractivity contribution in [1.29, 1.82) is 0 Å². The smallest absolute Gasteiger partial charge is 0.326 e. The topological polar surface area (TPSA) is 48.0 Å². The van der Waals surface area contributed by atoms with Crippen LogP contribution in [0.1, 0.15) is 12.6 Å². The van der Waals surface area contributed by atoms with Crippen molar-refractivity contribution in [3.05, 3.63) is 34.2 Å². The number of pyridine rings is 1. The van der Waals surface area contributed by atoms with Gasteiger partial charge in [-0.05, 0) is 13.0 Å². The monoisotopic (exact) mass is 220 g/mol. The SMILES string of the molecule is C[C@@H](N)Cn1c(C(F)(F)F)cccc1=O. The van der Waals surface area contributed by atoms with Crippen LogP contribution in [0.15, 0.2) is 23.0 Å². The zero-order valence-corrected chi connectivity index (χ0v) is 8.08. The Labute approximate surface area is 84.3 Å². The summed E-state index contributed by atoms with van der Waals surface area (Å²) in [5, 5.41) is 0. The Morgan fingerprint density at radius 3 is 2.53 bits per heavy atom. The minimum atomic E-state index is -4.53. The Hall–Kier alpha value is -1.30. The lowest BCUT2D eigenvalue weighted by Crippen LogP contribution is -2.33. The molecule has 1 atom stereocenters. The summed E-state index contributed by atoms with van der Waals surface area (Å²) < 4.78 is 38.1. The number of nitrogens with two attached hydrogens (primary N) is 1. The quantitative estimate of drug-likeness (QED) is 0.814. The highest BCUT2D eigenvalue weighted by molar-refractivity contribution is 5.10. The number of rotatable bonds is 2. The van der Waals surface area contributed by atoms with Gasteiger partial charge in [-0.25, -0.2) is 0 Å². The Balaban J connectivity index is 3.27. The Kier molecular flexibility index (Phi) is 3.18. The normalized spacial score (nSPS) is 13.9. The van der Waals surface area contributed by atoms with Crippen molar-refractivity contribution < 1.29 is 13.2 Å². The molecular formula is C9H11F3N2O. The fourth-order valence-electron chi connectivity index (χ4n) is 1.24. The van der Waals surface area contributed by atoms with Gasteiger partial charge in [-0.1, -0.05) is 6.07 Å². The lowest BCUT2D eigenvalue weighted by molar-refractivity contribution is -0.144. The van der Waals surface area contributed by atoms with E-state index in [0.29, 0.717) is 4.57 Å². The zero-order valence-electron chi connectivity index (χ0n) is 8.08. The van der Waals surface area contributed by atoms with E-state index in [1.165, 1.54) is 0 Å². The molecule has 1 rings (SSSR count). The molecule has 1 heterocycles. The van der Waals surface area contributed by atoms with Crippen LogP contribution in [0.3, 0.4) is 0 Å². The highest BCUT2D eigenvalue weighted by Crippen LogP contribution is 2.27. The van der Waals surface area contributed by atoms with Crippen molar-refractivity contribution in [1.82, 2.24) is 4.57 Å². The van der Waals surface area contributed by atoms with Gasteiger partial charge in [-0.2, -0.15) is 13.2 Å². The Morgan fingerprint density at radius 1 is 1.47 bits per heavy atom. The van der Waals surface area contributed by atoms with Crippen LogP contribution in [0.5, 0.6) is 0 Å². The van der Waals surface area contributed by atoms with E-state index in [9.17, 15) is 18.0 Å². The minimum Gasteiger partial charge on any atom is -0.326 e. The molecule has 15 heavy (non-hydrogen) atoms. The molecule has 0 aliphatic heterocycles. The average molecular weight is 220 g/mol. The molecule has 0 fully saturated rings. The zero-order chi connectivity index (χ0) is 11.6. The second kappa shape index (κ2) is 4.06. The van der Waals surface area contributed by atoms with Crippen molar-refractivity contribution in [2.24, 2.45) is 5.73 Å². The maximum absolute atomic E-state index is 12.5. The first kappa shape index (κ1) is 11.8. The molecule has 84 valence electrons. The second-order valence-electron chi connectivity index (χ2n) is 3.33. The molecule has 3 nitrogen and oxygen atoms in total. The van der Waals surface area contributed by atoms with Crippen LogP contribution in [0, 0.1) is 0 Å². The third-order valence-corrected chi connectivity index (χ3v) is 1.81. The summed E-state index contributed by atoms with van der Waals surface area (Å²) in [5.41, 5.74) is 3.72. The van der Waals surface area contributed by atoms with Gasteiger partial charge in [0.1, 0.15) is 5.69 Å². The maximum Gasteiger partial charge on any atom is 0.431 e. The van der Waals surface area contributed by atoms with Gasteiger partial charge in [0.15, 0.2) is 0 Å². The van der Waals surface area contributed by atoms with Gasteiger partial charge in [0.25, 0.3) is 5.56 Å². The Morgan fingerprint density at radius 2 is 2.07 bits per heavy atom. The lowest BCUT2D eigenvalue weighted by Gasteiger charge is -2.16. The first-order chi connectivity index (χ1) is 6.82. The number of hydrogen-bond donors (Lipinski definition) is 1. The standard InChI is InChI=1S/C9H11F3N2O/c1-6(13)5-14-7(9(10,11)12)3-2-4-8(14)15/h2-4,6H,5,13H2,1H3/t6-/m1/s1.